The molecule has 0 spiro atoms. The average molecular weight is 494 g/mol. The number of hydrogen-bond donors (Lipinski definition) is 1. The lowest BCUT2D eigenvalue weighted by Gasteiger charge is -2.43. The van der Waals surface area contributed by atoms with E-state index in [2.05, 4.69) is 19.3 Å². The van der Waals surface area contributed by atoms with E-state index in [0.717, 1.165) is 33.3 Å². The van der Waals surface area contributed by atoms with Crippen LogP contribution >= 0.6 is 24.0 Å². The lowest BCUT2D eigenvalue weighted by atomic mass is 9.96. The monoisotopic (exact) mass is 493 g/mol. The van der Waals surface area contributed by atoms with Crippen LogP contribution < -0.4 is 5.32 Å². The molecule has 0 aliphatic carbocycles. The van der Waals surface area contributed by atoms with Crippen molar-refractivity contribution in [1.82, 2.24) is 14.6 Å². The second-order valence-corrected chi connectivity index (χ2v) is 11.1. The predicted molar refractivity (Wildman–Crippen MR) is 139 cm³/mol. The number of imidazole rings is 1. The molecule has 0 saturated carbocycles. The van der Waals surface area contributed by atoms with Crippen molar-refractivity contribution in [3.05, 3.63) is 23.2 Å². The third-order valence-electron chi connectivity index (χ3n) is 5.76. The quantitative estimate of drug-likeness (QED) is 0.361. The van der Waals surface area contributed by atoms with Crippen LogP contribution in [0.4, 0.5) is 10.5 Å². The van der Waals surface area contributed by atoms with Gasteiger partial charge in [-0.2, -0.15) is 0 Å². The summed E-state index contributed by atoms with van der Waals surface area (Å²) in [5.74, 6) is 1.61. The van der Waals surface area contributed by atoms with Gasteiger partial charge in [-0.3, -0.25) is 4.48 Å². The number of carbonyl (C=O) groups is 1. The molecule has 1 aromatic carbocycles. The number of fused-ring (bicyclic) bond motifs is 1. The topological polar surface area (TPSA) is 82.5 Å². The van der Waals surface area contributed by atoms with Gasteiger partial charge in [0, 0.05) is 35.6 Å². The lowest BCUT2D eigenvalue weighted by Crippen LogP contribution is -2.60. The summed E-state index contributed by atoms with van der Waals surface area (Å²) in [6.45, 7) is 12.6. The van der Waals surface area contributed by atoms with Gasteiger partial charge in [-0.15, -0.1) is 11.8 Å². The van der Waals surface area contributed by atoms with Crippen LogP contribution in [-0.2, 0) is 10.2 Å². The Hall–Kier alpha value is -1.72. The number of rotatable bonds is 5. The van der Waals surface area contributed by atoms with Gasteiger partial charge in [0.1, 0.15) is 5.82 Å². The van der Waals surface area contributed by atoms with Crippen molar-refractivity contribution in [2.75, 3.05) is 50.9 Å². The smallest absolute Gasteiger partial charge is 0.419 e. The Kier molecular flexibility index (Phi) is 8.06. The first kappa shape index (κ1) is 25.9. The Balaban J connectivity index is 2.09. The van der Waals surface area contributed by atoms with Gasteiger partial charge >= 0.3 is 6.09 Å². The van der Waals surface area contributed by atoms with Crippen molar-refractivity contribution in [2.45, 2.75) is 51.3 Å². The van der Waals surface area contributed by atoms with E-state index in [4.69, 9.17) is 21.9 Å². The van der Waals surface area contributed by atoms with Gasteiger partial charge in [-0.05, 0) is 31.2 Å². The van der Waals surface area contributed by atoms with Gasteiger partial charge in [-0.1, -0.05) is 27.7 Å². The van der Waals surface area contributed by atoms with E-state index < -0.39 is 6.09 Å². The molecule has 2 heterocycles. The average Bonchev–Trinajstić information content (AvgIpc) is 3.13. The molecule has 0 bridgehead atoms. The van der Waals surface area contributed by atoms with Crippen LogP contribution in [0.3, 0.4) is 0 Å². The number of hydrogen-bond acceptors (Lipinski definition) is 7. The molecule has 2 aromatic rings. The first-order valence-corrected chi connectivity index (χ1v) is 12.8. The minimum Gasteiger partial charge on any atom is -0.785 e. The van der Waals surface area contributed by atoms with Gasteiger partial charge in [-0.25, -0.2) is 14.3 Å². The fourth-order valence-electron chi connectivity index (χ4n) is 3.75. The third kappa shape index (κ3) is 5.68. The molecule has 1 aliphatic heterocycles. The maximum Gasteiger partial charge on any atom is 0.419 e. The zero-order valence-corrected chi connectivity index (χ0v) is 22.1. The summed E-state index contributed by atoms with van der Waals surface area (Å²) in [6, 6.07) is 3.98. The fraction of sp³-hybridized carbons (Fsp3) is 0.609. The number of thioether (sulfide) groups is 1. The number of nitrogens with zero attached hydrogens (tertiary/aromatic N) is 4. The fourth-order valence-corrected chi connectivity index (χ4v) is 4.93. The lowest BCUT2D eigenvalue weighted by molar-refractivity contribution is -0.823. The zero-order valence-electron chi connectivity index (χ0n) is 20.4. The minimum atomic E-state index is -0.432. The molecule has 1 aromatic heterocycles. The molecule has 0 radical (unpaired) electrons. The second-order valence-electron chi connectivity index (χ2n) is 9.61. The Morgan fingerprint density at radius 3 is 2.55 bits per heavy atom. The number of benzene rings is 1. The zero-order chi connectivity index (χ0) is 24.4. The van der Waals surface area contributed by atoms with Crippen molar-refractivity contribution in [1.29, 1.82) is 0 Å². The van der Waals surface area contributed by atoms with E-state index in [0.29, 0.717) is 47.1 Å². The number of carbonyl (C=O) groups excluding carboxylic acids is 1. The summed E-state index contributed by atoms with van der Waals surface area (Å²) in [7, 11) is 2.06. The molecule has 1 saturated heterocycles. The van der Waals surface area contributed by atoms with Crippen molar-refractivity contribution in [3.8, 4) is 0 Å². The van der Waals surface area contributed by atoms with Crippen LogP contribution in [0.5, 0.6) is 0 Å². The van der Waals surface area contributed by atoms with Crippen molar-refractivity contribution in [3.63, 3.8) is 0 Å². The number of hydroxylamine groups is 2. The number of piperazine rings is 1. The molecular formula is C23H35N5O3S2. The number of aromatic nitrogens is 2. The Morgan fingerprint density at radius 2 is 1.97 bits per heavy atom. The maximum atomic E-state index is 12.9. The molecular weight excluding hydrogens is 458 g/mol. The number of thiocarbonyl (C=S) groups is 1. The number of nitrogens with one attached hydrogen (secondary N) is 1. The van der Waals surface area contributed by atoms with E-state index in [1.165, 1.54) is 0 Å². The molecule has 10 heteroatoms. The van der Waals surface area contributed by atoms with Gasteiger partial charge in [0.05, 0.1) is 43.5 Å². The highest BCUT2D eigenvalue weighted by Gasteiger charge is 2.32. The van der Waals surface area contributed by atoms with E-state index in [1.807, 2.05) is 32.9 Å². The Labute approximate surface area is 205 Å². The SMILES string of the molecule is CCCSc1cc2nc(C(C)(C)C)n(C(=O)OCC)c2cc1NC(=S)[N+]1(C)CCN([O-])CC1. The molecule has 33 heavy (non-hydrogen) atoms. The summed E-state index contributed by atoms with van der Waals surface area (Å²) in [6.07, 6.45) is 0.600. The molecule has 3 rings (SSSR count). The first-order valence-electron chi connectivity index (χ1n) is 11.4. The Morgan fingerprint density at radius 1 is 1.30 bits per heavy atom. The van der Waals surface area contributed by atoms with Crippen LogP contribution in [0.2, 0.25) is 0 Å². The first-order chi connectivity index (χ1) is 15.5. The molecule has 1 aliphatic rings. The summed E-state index contributed by atoms with van der Waals surface area (Å²) in [4.78, 5) is 18.8. The standard InChI is InChI=1S/C23H35N5O3S2/c1-7-13-33-19-15-16-18(27(22(29)31-8-2)20(24-16)23(3,4)5)14-17(19)25-21(32)28(6)11-9-26(30)10-12-28/h14-15H,7-13H2,1-6H3,(H,25,32). The molecule has 1 N–H and O–H groups in total. The van der Waals surface area contributed by atoms with E-state index >= 15 is 0 Å². The van der Waals surface area contributed by atoms with E-state index in [9.17, 15) is 10.0 Å². The van der Waals surface area contributed by atoms with Crippen LogP contribution in [0.15, 0.2) is 17.0 Å². The van der Waals surface area contributed by atoms with E-state index in [-0.39, 0.29) is 12.0 Å². The highest BCUT2D eigenvalue weighted by atomic mass is 32.2. The number of quaternary nitrogens is 1. The highest BCUT2D eigenvalue weighted by molar-refractivity contribution is 7.99. The molecule has 182 valence electrons. The molecule has 8 nitrogen and oxygen atoms in total. The highest BCUT2D eigenvalue weighted by Crippen LogP contribution is 2.35. The van der Waals surface area contributed by atoms with Gasteiger partial charge < -0.3 is 20.3 Å². The van der Waals surface area contributed by atoms with Crippen molar-refractivity contribution >= 4 is 51.9 Å². The van der Waals surface area contributed by atoms with Gasteiger partial charge in [0.15, 0.2) is 0 Å². The van der Waals surface area contributed by atoms with Crippen LogP contribution in [0.1, 0.15) is 46.9 Å². The van der Waals surface area contributed by atoms with Crippen molar-refractivity contribution in [2.24, 2.45) is 0 Å². The second kappa shape index (κ2) is 10.3. The normalized spacial score (nSPS) is 16.7. The van der Waals surface area contributed by atoms with Crippen LogP contribution in [0.25, 0.3) is 11.0 Å². The Bertz CT molecular complexity index is 1020. The third-order valence-corrected chi connectivity index (χ3v) is 7.56. The van der Waals surface area contributed by atoms with Crippen LogP contribution in [0, 0.1) is 5.21 Å². The van der Waals surface area contributed by atoms with Crippen LogP contribution in [-0.4, -0.2) is 75.9 Å². The number of likely N-dealkylation sites (N-methyl/N-ethyl adjacent to an activating group) is 1. The predicted octanol–water partition coefficient (Wildman–Crippen LogP) is 4.80. The largest absolute Gasteiger partial charge is 0.785 e. The molecule has 0 amide bonds. The summed E-state index contributed by atoms with van der Waals surface area (Å²) in [5, 5.41) is 16.9. The molecule has 0 atom stereocenters. The van der Waals surface area contributed by atoms with Crippen molar-refractivity contribution < 1.29 is 14.0 Å². The number of ether oxygens (including phenoxy) is 1. The molecule has 1 fully saturated rings. The molecule has 0 unspecified atom stereocenters. The van der Waals surface area contributed by atoms with Gasteiger partial charge in [0.2, 0.25) is 0 Å². The minimum absolute atomic E-state index is 0.286. The number of anilines is 1. The summed E-state index contributed by atoms with van der Waals surface area (Å²) >= 11 is 7.55. The van der Waals surface area contributed by atoms with Gasteiger partial charge in [0.25, 0.3) is 5.11 Å². The maximum absolute atomic E-state index is 12.9. The summed E-state index contributed by atoms with van der Waals surface area (Å²) in [5.41, 5.74) is 1.95. The van der Waals surface area contributed by atoms with E-state index in [1.54, 1.807) is 23.3 Å². The summed E-state index contributed by atoms with van der Waals surface area (Å²) < 4.78 is 7.45.